The Bertz CT molecular complexity index is 881. The average molecular weight is 378 g/mol. The first-order valence-corrected chi connectivity index (χ1v) is 10.1. The molecule has 1 saturated carbocycles. The molecular formula is C18H22N2O5S. The van der Waals surface area contributed by atoms with E-state index < -0.39 is 10.0 Å². The number of aryl methyl sites for hydroxylation is 1. The molecule has 2 aliphatic rings. The van der Waals surface area contributed by atoms with E-state index in [-0.39, 0.29) is 28.9 Å². The van der Waals surface area contributed by atoms with Crippen LogP contribution in [0.4, 0.5) is 0 Å². The Kier molecular flexibility index (Phi) is 4.60. The summed E-state index contributed by atoms with van der Waals surface area (Å²) in [7, 11) is -2.05. The Morgan fingerprint density at radius 3 is 2.92 bits per heavy atom. The number of benzene rings is 1. The summed E-state index contributed by atoms with van der Waals surface area (Å²) >= 11 is 0. The molecule has 0 amide bonds. The van der Waals surface area contributed by atoms with Gasteiger partial charge < -0.3 is 14.0 Å². The number of methoxy groups -OCH3 is 1. The summed E-state index contributed by atoms with van der Waals surface area (Å²) in [5.74, 6) is 0.786. The molecule has 1 saturated heterocycles. The van der Waals surface area contributed by atoms with Crippen LogP contribution >= 0.6 is 0 Å². The zero-order valence-electron chi connectivity index (χ0n) is 14.7. The average Bonchev–Trinajstić information content (AvgIpc) is 3.28. The molecule has 1 aliphatic heterocycles. The van der Waals surface area contributed by atoms with E-state index in [9.17, 15) is 8.42 Å². The smallest absolute Gasteiger partial charge is 0.241 e. The Labute approximate surface area is 152 Å². The second kappa shape index (κ2) is 6.77. The lowest BCUT2D eigenvalue weighted by molar-refractivity contribution is -0.0775. The van der Waals surface area contributed by atoms with E-state index in [1.54, 1.807) is 32.2 Å². The third-order valence-corrected chi connectivity index (χ3v) is 6.98. The fraction of sp³-hybridized carbons (Fsp3) is 0.500. The number of fused-ring (bicyclic) bond motifs is 1. The van der Waals surface area contributed by atoms with E-state index in [0.29, 0.717) is 30.1 Å². The molecule has 2 fully saturated rings. The number of sulfonamides is 1. The summed E-state index contributed by atoms with van der Waals surface area (Å²) in [5, 5.41) is 3.68. The van der Waals surface area contributed by atoms with Gasteiger partial charge in [0.2, 0.25) is 10.0 Å². The molecule has 7 nitrogen and oxygen atoms in total. The van der Waals surface area contributed by atoms with Gasteiger partial charge in [0.05, 0.1) is 23.8 Å². The summed E-state index contributed by atoms with van der Waals surface area (Å²) in [4.78, 5) is 0.255. The highest BCUT2D eigenvalue weighted by Crippen LogP contribution is 2.44. The largest absolute Gasteiger partial charge is 0.384 e. The molecule has 0 spiro atoms. The quantitative estimate of drug-likeness (QED) is 0.827. The Morgan fingerprint density at radius 2 is 2.19 bits per heavy atom. The molecule has 1 aromatic heterocycles. The van der Waals surface area contributed by atoms with Crippen molar-refractivity contribution in [1.82, 2.24) is 9.88 Å². The van der Waals surface area contributed by atoms with Crippen molar-refractivity contribution >= 4 is 10.0 Å². The lowest BCUT2D eigenvalue weighted by Crippen LogP contribution is -2.62. The monoisotopic (exact) mass is 378 g/mol. The van der Waals surface area contributed by atoms with E-state index in [1.807, 2.05) is 6.07 Å². The first-order chi connectivity index (χ1) is 12.5. The topological polar surface area (TPSA) is 90.7 Å². The van der Waals surface area contributed by atoms with Crippen molar-refractivity contribution in [2.24, 2.45) is 11.8 Å². The highest BCUT2D eigenvalue weighted by Gasteiger charge is 2.55. The van der Waals surface area contributed by atoms with Crippen LogP contribution in [0.25, 0.3) is 11.3 Å². The van der Waals surface area contributed by atoms with Crippen molar-refractivity contribution in [1.29, 1.82) is 0 Å². The van der Waals surface area contributed by atoms with Crippen LogP contribution in [-0.2, 0) is 19.5 Å². The maximum atomic E-state index is 13.1. The van der Waals surface area contributed by atoms with Gasteiger partial charge in [0, 0.05) is 43.2 Å². The van der Waals surface area contributed by atoms with E-state index in [1.165, 1.54) is 6.20 Å². The van der Waals surface area contributed by atoms with Crippen LogP contribution in [0.5, 0.6) is 0 Å². The van der Waals surface area contributed by atoms with Crippen molar-refractivity contribution < 1.29 is 22.4 Å². The Morgan fingerprint density at radius 1 is 1.35 bits per heavy atom. The molecule has 1 aromatic carbocycles. The third-order valence-electron chi connectivity index (χ3n) is 5.38. The van der Waals surface area contributed by atoms with Gasteiger partial charge in [-0.25, -0.2) is 13.1 Å². The van der Waals surface area contributed by atoms with Gasteiger partial charge in [0.25, 0.3) is 0 Å². The first kappa shape index (κ1) is 17.7. The van der Waals surface area contributed by atoms with Crippen molar-refractivity contribution in [3.05, 3.63) is 36.0 Å². The third kappa shape index (κ3) is 2.96. The van der Waals surface area contributed by atoms with Crippen molar-refractivity contribution in [2.45, 2.75) is 30.4 Å². The van der Waals surface area contributed by atoms with E-state index in [4.69, 9.17) is 14.0 Å². The summed E-state index contributed by atoms with van der Waals surface area (Å²) < 4.78 is 45.2. The van der Waals surface area contributed by atoms with Crippen LogP contribution in [0, 0.1) is 18.8 Å². The van der Waals surface area contributed by atoms with E-state index in [2.05, 4.69) is 9.88 Å². The van der Waals surface area contributed by atoms with Crippen molar-refractivity contribution in [3.8, 4) is 11.3 Å². The second-order valence-electron chi connectivity index (χ2n) is 6.91. The molecule has 2 heterocycles. The molecule has 0 bridgehead atoms. The van der Waals surface area contributed by atoms with Crippen molar-refractivity contribution in [2.75, 3.05) is 20.3 Å². The maximum absolute atomic E-state index is 13.1. The molecule has 8 heteroatoms. The number of aromatic nitrogens is 1. The number of rotatable bonds is 6. The maximum Gasteiger partial charge on any atom is 0.241 e. The van der Waals surface area contributed by atoms with Gasteiger partial charge in [-0.3, -0.25) is 0 Å². The molecule has 140 valence electrons. The molecule has 1 aliphatic carbocycles. The molecule has 1 N–H and O–H groups in total. The zero-order valence-corrected chi connectivity index (χ0v) is 15.5. The molecule has 0 unspecified atom stereocenters. The predicted octanol–water partition coefficient (Wildman–Crippen LogP) is 1.98. The SMILES string of the molecule is COC[C@H]1[C@@H](NS(=O)(=O)c2cc(-c3ccno3)ccc2C)[C@H]2CCO[C@H]21. The molecule has 4 rings (SSSR count). The summed E-state index contributed by atoms with van der Waals surface area (Å²) in [5.41, 5.74) is 1.36. The molecule has 2 aromatic rings. The van der Waals surface area contributed by atoms with Crippen LogP contribution < -0.4 is 4.72 Å². The minimum Gasteiger partial charge on any atom is -0.384 e. The molecule has 26 heavy (non-hydrogen) atoms. The van der Waals surface area contributed by atoms with Gasteiger partial charge in [0.15, 0.2) is 5.76 Å². The number of hydrogen-bond acceptors (Lipinski definition) is 6. The van der Waals surface area contributed by atoms with E-state index in [0.717, 1.165) is 6.42 Å². The molecular weight excluding hydrogens is 356 g/mol. The van der Waals surface area contributed by atoms with Crippen LogP contribution in [0.2, 0.25) is 0 Å². The highest BCUT2D eigenvalue weighted by molar-refractivity contribution is 7.89. The zero-order chi connectivity index (χ0) is 18.3. The predicted molar refractivity (Wildman–Crippen MR) is 94.0 cm³/mol. The van der Waals surface area contributed by atoms with E-state index >= 15 is 0 Å². The normalized spacial score (nSPS) is 27.9. The summed E-state index contributed by atoms with van der Waals surface area (Å²) in [6.07, 6.45) is 2.49. The number of nitrogens with zero attached hydrogens (tertiary/aromatic N) is 1. The Balaban J connectivity index is 1.61. The van der Waals surface area contributed by atoms with Gasteiger partial charge in [0.1, 0.15) is 0 Å². The molecule has 0 radical (unpaired) electrons. The Hall–Kier alpha value is -1.74. The van der Waals surface area contributed by atoms with Crippen molar-refractivity contribution in [3.63, 3.8) is 0 Å². The van der Waals surface area contributed by atoms with Gasteiger partial charge in [-0.15, -0.1) is 0 Å². The van der Waals surface area contributed by atoms with Gasteiger partial charge in [-0.05, 0) is 25.0 Å². The van der Waals surface area contributed by atoms with Gasteiger partial charge in [-0.2, -0.15) is 0 Å². The summed E-state index contributed by atoms with van der Waals surface area (Å²) in [6, 6.07) is 6.77. The summed E-state index contributed by atoms with van der Waals surface area (Å²) in [6.45, 7) is 2.94. The van der Waals surface area contributed by atoms with Gasteiger partial charge >= 0.3 is 0 Å². The number of nitrogens with one attached hydrogen (secondary N) is 1. The van der Waals surface area contributed by atoms with Crippen LogP contribution in [-0.4, -0.2) is 46.0 Å². The van der Waals surface area contributed by atoms with Gasteiger partial charge in [-0.1, -0.05) is 17.3 Å². The van der Waals surface area contributed by atoms with Crippen LogP contribution in [0.15, 0.2) is 39.9 Å². The minimum atomic E-state index is -3.68. The molecule has 4 atom stereocenters. The highest BCUT2D eigenvalue weighted by atomic mass is 32.2. The fourth-order valence-electron chi connectivity index (χ4n) is 4.05. The second-order valence-corrected chi connectivity index (χ2v) is 8.59. The number of hydrogen-bond donors (Lipinski definition) is 1. The van der Waals surface area contributed by atoms with Crippen LogP contribution in [0.3, 0.4) is 0 Å². The fourth-order valence-corrected chi connectivity index (χ4v) is 5.65. The first-order valence-electron chi connectivity index (χ1n) is 8.66. The minimum absolute atomic E-state index is 0.0417. The standard InChI is InChI=1S/C18H22N2O5S/c1-11-3-4-12(15-5-7-19-25-15)9-16(11)26(21,22)20-17-13-6-8-24-18(13)14(17)10-23-2/h3-5,7,9,13-14,17-18,20H,6,8,10H2,1-2H3/t13-,14+,17+,18-/m1/s1. The lowest BCUT2D eigenvalue weighted by Gasteiger charge is -2.47. The lowest BCUT2D eigenvalue weighted by atomic mass is 9.68. The number of ether oxygens (including phenoxy) is 2. The van der Waals surface area contributed by atoms with Crippen LogP contribution in [0.1, 0.15) is 12.0 Å².